The number of imide groups is 1. The second-order valence-electron chi connectivity index (χ2n) is 16.2. The quantitative estimate of drug-likeness (QED) is 0.208. The van der Waals surface area contributed by atoms with Crippen molar-refractivity contribution >= 4 is 34.4 Å². The normalized spacial score (nSPS) is 24.1. The second kappa shape index (κ2) is 14.8. The Morgan fingerprint density at radius 1 is 0.772 bits per heavy atom. The second-order valence-corrected chi connectivity index (χ2v) is 16.2. The van der Waals surface area contributed by atoms with Gasteiger partial charge < -0.3 is 15.4 Å². The Balaban J connectivity index is 0.734. The Hall–Kier alpha value is -5.44. The van der Waals surface area contributed by atoms with Crippen LogP contribution >= 0.6 is 0 Å². The topological polar surface area (TPSA) is 138 Å². The number of amides is 2. The van der Waals surface area contributed by atoms with Crippen LogP contribution in [-0.2, 0) is 22.7 Å². The molecule has 0 saturated carbocycles. The number of nitrogen functional groups attached to an aromatic ring is 1. The zero-order chi connectivity index (χ0) is 38.6. The molecule has 3 atom stereocenters. The minimum absolute atomic E-state index is 0.0816. The molecule has 0 radical (unpaired) electrons. The SMILES string of the molecule is Nc1ncnc2c1c(-c1ccc(Oc3ccccc3)cc1)nn2C1CCN(C2CCN(C3CN(c4ccc5c(c4)CN(C4CCC(=O)NC4=O)C5)C3)CC2F)CC1. The minimum atomic E-state index is -0.902. The first-order chi connectivity index (χ1) is 27.8. The molecule has 3 unspecified atom stereocenters. The molecule has 10 rings (SSSR count). The molecule has 14 heteroatoms. The number of carbonyl (C=O) groups is 2. The van der Waals surface area contributed by atoms with Gasteiger partial charge in [-0.25, -0.2) is 19.0 Å². The summed E-state index contributed by atoms with van der Waals surface area (Å²) in [6.07, 6.45) is 4.07. The Labute approximate surface area is 330 Å². The standard InChI is InChI=1S/C43H47FN10O3/c44-35-25-51(32-23-52(24-32)31-9-6-28-21-53(22-29(28)20-31)37-12-13-38(55)48-43(37)56)19-16-36(35)50-17-14-30(15-18-50)54-42-39(41(45)46-26-47-42)40(49-54)27-7-10-34(11-8-27)57-33-4-2-1-3-5-33/h1-11,20,26,30,32,35-37H,12-19,21-25H2,(H2,45,46,47)(H,48,55,56). The molecule has 3 N–H and O–H groups in total. The molecule has 2 amide bonds. The van der Waals surface area contributed by atoms with E-state index in [0.717, 1.165) is 92.3 Å². The number of fused-ring (bicyclic) bond motifs is 2. The average Bonchev–Trinajstić information content (AvgIpc) is 3.81. The van der Waals surface area contributed by atoms with Crippen molar-refractivity contribution in [1.29, 1.82) is 0 Å². The molecule has 0 bridgehead atoms. The van der Waals surface area contributed by atoms with Crippen molar-refractivity contribution in [1.82, 2.24) is 39.8 Å². The van der Waals surface area contributed by atoms with Gasteiger partial charge in [-0.05, 0) is 85.3 Å². The number of aromatic nitrogens is 4. The van der Waals surface area contributed by atoms with Crippen molar-refractivity contribution in [3.05, 3.63) is 90.3 Å². The molecular weight excluding hydrogens is 724 g/mol. The van der Waals surface area contributed by atoms with Gasteiger partial charge in [0.2, 0.25) is 11.8 Å². The largest absolute Gasteiger partial charge is 0.457 e. The molecular formula is C43H47FN10O3. The van der Waals surface area contributed by atoms with Crippen LogP contribution in [0.3, 0.4) is 0 Å². The number of nitrogens with two attached hydrogens (primary N) is 1. The molecule has 5 aromatic rings. The summed E-state index contributed by atoms with van der Waals surface area (Å²) >= 11 is 0. The lowest BCUT2D eigenvalue weighted by atomic mass is 9.94. The maximum absolute atomic E-state index is 16.0. The maximum atomic E-state index is 16.0. The summed E-state index contributed by atoms with van der Waals surface area (Å²) in [5.41, 5.74) is 12.5. The summed E-state index contributed by atoms with van der Waals surface area (Å²) in [5.74, 6) is 1.54. The zero-order valence-electron chi connectivity index (χ0n) is 31.8. The number of carbonyl (C=O) groups excluding carboxylic acids is 2. The summed E-state index contributed by atoms with van der Waals surface area (Å²) in [6, 6.07) is 24.2. The Kier molecular flexibility index (Phi) is 9.34. The number of hydrogen-bond acceptors (Lipinski definition) is 11. The molecule has 57 heavy (non-hydrogen) atoms. The van der Waals surface area contributed by atoms with Gasteiger partial charge in [-0.1, -0.05) is 24.3 Å². The molecule has 0 aliphatic carbocycles. The fourth-order valence-corrected chi connectivity index (χ4v) is 9.63. The number of para-hydroxylation sites is 1. The fraction of sp³-hybridized carbons (Fsp3) is 0.419. The molecule has 4 saturated heterocycles. The van der Waals surface area contributed by atoms with Crippen LogP contribution in [0.5, 0.6) is 11.5 Å². The monoisotopic (exact) mass is 770 g/mol. The fourth-order valence-electron chi connectivity index (χ4n) is 9.63. The van der Waals surface area contributed by atoms with Crippen LogP contribution in [0, 0.1) is 0 Å². The zero-order valence-corrected chi connectivity index (χ0v) is 31.8. The number of nitrogens with one attached hydrogen (secondary N) is 1. The maximum Gasteiger partial charge on any atom is 0.243 e. The third kappa shape index (κ3) is 6.89. The highest BCUT2D eigenvalue weighted by molar-refractivity contribution is 6.00. The van der Waals surface area contributed by atoms with Gasteiger partial charge in [0.1, 0.15) is 35.5 Å². The van der Waals surface area contributed by atoms with Crippen LogP contribution in [0.25, 0.3) is 22.3 Å². The number of likely N-dealkylation sites (tertiary alicyclic amines) is 2. The minimum Gasteiger partial charge on any atom is -0.457 e. The van der Waals surface area contributed by atoms with E-state index in [0.29, 0.717) is 37.8 Å². The molecule has 7 heterocycles. The van der Waals surface area contributed by atoms with Gasteiger partial charge in [-0.2, -0.15) is 5.10 Å². The van der Waals surface area contributed by atoms with E-state index in [1.807, 2.05) is 59.3 Å². The first-order valence-corrected chi connectivity index (χ1v) is 20.2. The van der Waals surface area contributed by atoms with Crippen LogP contribution in [0.4, 0.5) is 15.9 Å². The summed E-state index contributed by atoms with van der Waals surface area (Å²) in [7, 11) is 0. The number of halogens is 1. The number of benzene rings is 3. The highest BCUT2D eigenvalue weighted by atomic mass is 19.1. The van der Waals surface area contributed by atoms with Crippen molar-refractivity contribution in [3.8, 4) is 22.8 Å². The van der Waals surface area contributed by atoms with E-state index in [1.54, 1.807) is 0 Å². The number of alkyl halides is 1. The van der Waals surface area contributed by atoms with E-state index in [4.69, 9.17) is 15.6 Å². The van der Waals surface area contributed by atoms with Crippen LogP contribution in [-0.4, -0.2) is 110 Å². The molecule has 0 spiro atoms. The van der Waals surface area contributed by atoms with Crippen molar-refractivity contribution in [2.75, 3.05) is 49.9 Å². The lowest BCUT2D eigenvalue weighted by Crippen LogP contribution is -2.64. The lowest BCUT2D eigenvalue weighted by molar-refractivity contribution is -0.137. The average molecular weight is 771 g/mol. The van der Waals surface area contributed by atoms with E-state index in [-0.39, 0.29) is 29.9 Å². The predicted molar refractivity (Wildman–Crippen MR) is 214 cm³/mol. The number of rotatable bonds is 8. The van der Waals surface area contributed by atoms with E-state index >= 15 is 4.39 Å². The number of hydrogen-bond donors (Lipinski definition) is 2. The number of anilines is 2. The van der Waals surface area contributed by atoms with E-state index in [2.05, 4.69) is 53.1 Å². The number of ether oxygens (including phenoxy) is 1. The van der Waals surface area contributed by atoms with Crippen LogP contribution < -0.4 is 20.7 Å². The van der Waals surface area contributed by atoms with Crippen molar-refractivity contribution in [2.45, 2.75) is 75.5 Å². The Morgan fingerprint density at radius 2 is 1.53 bits per heavy atom. The van der Waals surface area contributed by atoms with E-state index in [9.17, 15) is 9.59 Å². The smallest absolute Gasteiger partial charge is 0.243 e. The third-order valence-electron chi connectivity index (χ3n) is 12.8. The predicted octanol–water partition coefficient (Wildman–Crippen LogP) is 4.93. The van der Waals surface area contributed by atoms with Gasteiger partial charge in [-0.3, -0.25) is 29.6 Å². The van der Waals surface area contributed by atoms with Crippen LogP contribution in [0.15, 0.2) is 79.1 Å². The molecule has 3 aromatic carbocycles. The van der Waals surface area contributed by atoms with Gasteiger partial charge in [0.25, 0.3) is 0 Å². The van der Waals surface area contributed by atoms with Crippen molar-refractivity contribution < 1.29 is 18.7 Å². The van der Waals surface area contributed by atoms with Gasteiger partial charge in [0.05, 0.1) is 17.5 Å². The molecule has 5 aliphatic rings. The lowest BCUT2D eigenvalue weighted by Gasteiger charge is -2.51. The molecule has 2 aromatic heterocycles. The van der Waals surface area contributed by atoms with E-state index in [1.165, 1.54) is 23.1 Å². The molecule has 294 valence electrons. The third-order valence-corrected chi connectivity index (χ3v) is 12.8. The molecule has 5 aliphatic heterocycles. The van der Waals surface area contributed by atoms with E-state index < -0.39 is 6.17 Å². The van der Waals surface area contributed by atoms with Crippen LogP contribution in [0.1, 0.15) is 49.3 Å². The highest BCUT2D eigenvalue weighted by Gasteiger charge is 2.41. The van der Waals surface area contributed by atoms with Gasteiger partial charge in [0, 0.05) is 82.1 Å². The van der Waals surface area contributed by atoms with Gasteiger partial charge in [-0.15, -0.1) is 0 Å². The Morgan fingerprint density at radius 3 is 2.30 bits per heavy atom. The first-order valence-electron chi connectivity index (χ1n) is 20.2. The highest BCUT2D eigenvalue weighted by Crippen LogP contribution is 2.37. The number of piperidine rings is 3. The summed E-state index contributed by atoms with van der Waals surface area (Å²) in [6.45, 7) is 6.17. The Bertz CT molecular complexity index is 2290. The summed E-state index contributed by atoms with van der Waals surface area (Å²) < 4.78 is 24.0. The van der Waals surface area contributed by atoms with Gasteiger partial charge >= 0.3 is 0 Å². The molecule has 4 fully saturated rings. The number of nitrogens with zero attached hydrogens (tertiary/aromatic N) is 8. The van der Waals surface area contributed by atoms with Crippen molar-refractivity contribution in [2.24, 2.45) is 0 Å². The summed E-state index contributed by atoms with van der Waals surface area (Å²) in [4.78, 5) is 42.3. The van der Waals surface area contributed by atoms with Crippen LogP contribution in [0.2, 0.25) is 0 Å². The van der Waals surface area contributed by atoms with Crippen molar-refractivity contribution in [3.63, 3.8) is 0 Å². The van der Waals surface area contributed by atoms with Gasteiger partial charge in [0.15, 0.2) is 5.65 Å². The summed E-state index contributed by atoms with van der Waals surface area (Å²) in [5, 5.41) is 8.33. The molecule has 13 nitrogen and oxygen atoms in total. The first kappa shape index (κ1) is 35.9.